The highest BCUT2D eigenvalue weighted by Crippen LogP contribution is 2.32. The summed E-state index contributed by atoms with van der Waals surface area (Å²) in [5.74, 6) is 1.17. The van der Waals surface area contributed by atoms with Gasteiger partial charge in [-0.25, -0.2) is 22.7 Å². The number of fused-ring (bicyclic) bond motifs is 1. The van der Waals surface area contributed by atoms with Crippen molar-refractivity contribution in [1.29, 1.82) is 0 Å². The fourth-order valence-corrected chi connectivity index (χ4v) is 7.35. The van der Waals surface area contributed by atoms with Crippen LogP contribution in [0.1, 0.15) is 71.6 Å². The number of aromatic nitrogens is 2. The molecule has 1 atom stereocenters. The summed E-state index contributed by atoms with van der Waals surface area (Å²) in [5.41, 5.74) is 4.17. The largest absolute Gasteiger partial charge is 0.369 e. The van der Waals surface area contributed by atoms with E-state index in [1.165, 1.54) is 34.4 Å². The van der Waals surface area contributed by atoms with E-state index in [0.29, 0.717) is 30.7 Å². The van der Waals surface area contributed by atoms with Gasteiger partial charge in [-0.15, -0.1) is 0 Å². The summed E-state index contributed by atoms with van der Waals surface area (Å²) in [4.78, 5) is 26.7. The first kappa shape index (κ1) is 28.0. The number of piperidine rings is 2. The number of nitrogens with one attached hydrogen (secondary N) is 1. The second-order valence-corrected chi connectivity index (χ2v) is 13.5. The third-order valence-electron chi connectivity index (χ3n) is 9.10. The Hall–Kier alpha value is -2.56. The van der Waals surface area contributed by atoms with Gasteiger partial charge in [0.2, 0.25) is 10.0 Å². The molecule has 1 N–H and O–H groups in total. The van der Waals surface area contributed by atoms with Crippen LogP contribution >= 0.6 is 0 Å². The predicted molar refractivity (Wildman–Crippen MR) is 154 cm³/mol. The van der Waals surface area contributed by atoms with Crippen LogP contribution in [0.2, 0.25) is 0 Å². The Balaban J connectivity index is 1.15. The van der Waals surface area contributed by atoms with E-state index in [0.717, 1.165) is 69.5 Å². The van der Waals surface area contributed by atoms with Gasteiger partial charge in [-0.1, -0.05) is 24.3 Å². The van der Waals surface area contributed by atoms with Crippen LogP contribution in [0, 0.1) is 6.92 Å². The minimum atomic E-state index is -3.16. The maximum atomic E-state index is 13.5. The summed E-state index contributed by atoms with van der Waals surface area (Å²) in [5, 5.41) is 3.52. The second kappa shape index (κ2) is 11.9. The average molecular weight is 555 g/mol. The van der Waals surface area contributed by atoms with Crippen molar-refractivity contribution >= 4 is 21.7 Å². The normalized spacial score (nSPS) is 21.6. The van der Waals surface area contributed by atoms with Gasteiger partial charge in [-0.05, 0) is 76.1 Å². The van der Waals surface area contributed by atoms with E-state index in [9.17, 15) is 13.2 Å². The van der Waals surface area contributed by atoms with Crippen molar-refractivity contribution in [2.75, 3.05) is 51.3 Å². The van der Waals surface area contributed by atoms with Crippen molar-refractivity contribution in [2.24, 2.45) is 0 Å². The standard InChI is InChI=1S/C29H42N6O3S/c1-21-27(31-20-32-28(21)30-19-23-9-6-8-22-7-4-5-10-26(22)23)29(36)35-17-13-25(14-18-35)34-15-11-24(12-16-34)33(2)39(3,37)38/h4-5,7,10,20,23-25H,6,8-9,11-19H2,1-3H3,(H,30,31,32). The smallest absolute Gasteiger partial charge is 0.272 e. The highest BCUT2D eigenvalue weighted by atomic mass is 32.2. The zero-order valence-corrected chi connectivity index (χ0v) is 24.3. The molecule has 0 spiro atoms. The van der Waals surface area contributed by atoms with Crippen molar-refractivity contribution in [1.82, 2.24) is 24.1 Å². The lowest BCUT2D eigenvalue weighted by atomic mass is 9.83. The average Bonchev–Trinajstić information content (AvgIpc) is 2.95. The fourth-order valence-electron chi connectivity index (χ4n) is 6.60. The molecular formula is C29H42N6O3S. The molecule has 0 radical (unpaired) electrons. The summed E-state index contributed by atoms with van der Waals surface area (Å²) < 4.78 is 25.3. The molecule has 1 aromatic heterocycles. The van der Waals surface area contributed by atoms with E-state index in [4.69, 9.17) is 0 Å². The molecule has 212 valence electrons. The van der Waals surface area contributed by atoms with Crippen molar-refractivity contribution in [3.05, 3.63) is 53.0 Å². The molecule has 10 heteroatoms. The second-order valence-electron chi connectivity index (χ2n) is 11.4. The number of hydrogen-bond acceptors (Lipinski definition) is 7. The molecule has 2 aliphatic heterocycles. The third-order valence-corrected chi connectivity index (χ3v) is 10.4. The van der Waals surface area contributed by atoms with Crippen LogP contribution in [0.15, 0.2) is 30.6 Å². The van der Waals surface area contributed by atoms with E-state index in [1.54, 1.807) is 7.05 Å². The van der Waals surface area contributed by atoms with Gasteiger partial charge in [-0.2, -0.15) is 0 Å². The fraction of sp³-hybridized carbons (Fsp3) is 0.621. The summed E-state index contributed by atoms with van der Waals surface area (Å²) in [6.07, 6.45) is 9.83. The van der Waals surface area contributed by atoms with Gasteiger partial charge in [0.1, 0.15) is 17.8 Å². The Bertz CT molecular complexity index is 1270. The van der Waals surface area contributed by atoms with Crippen LogP contribution in [0.3, 0.4) is 0 Å². The third kappa shape index (κ3) is 6.28. The van der Waals surface area contributed by atoms with E-state index >= 15 is 0 Å². The number of aryl methyl sites for hydroxylation is 1. The zero-order chi connectivity index (χ0) is 27.6. The van der Waals surface area contributed by atoms with Crippen LogP contribution in [-0.4, -0.2) is 96.5 Å². The quantitative estimate of drug-likeness (QED) is 0.561. The lowest BCUT2D eigenvalue weighted by molar-refractivity contribution is 0.0542. The highest BCUT2D eigenvalue weighted by molar-refractivity contribution is 7.88. The summed E-state index contributed by atoms with van der Waals surface area (Å²) in [6.45, 7) is 5.94. The number of hydrogen-bond donors (Lipinski definition) is 1. The SMILES string of the molecule is Cc1c(NCC2CCCc3ccccc32)ncnc1C(=O)N1CCC(N2CCC(N(C)S(C)(=O)=O)CC2)CC1. The molecule has 2 saturated heterocycles. The summed E-state index contributed by atoms with van der Waals surface area (Å²) in [7, 11) is -1.48. The zero-order valence-electron chi connectivity index (χ0n) is 23.5. The molecule has 0 bridgehead atoms. The number of carbonyl (C=O) groups excluding carboxylic acids is 1. The van der Waals surface area contributed by atoms with Crippen LogP contribution in [0.4, 0.5) is 5.82 Å². The topological polar surface area (TPSA) is 98.7 Å². The number of benzene rings is 1. The van der Waals surface area contributed by atoms with E-state index in [-0.39, 0.29) is 11.9 Å². The summed E-state index contributed by atoms with van der Waals surface area (Å²) >= 11 is 0. The van der Waals surface area contributed by atoms with Crippen LogP contribution in [0.5, 0.6) is 0 Å². The number of nitrogens with zero attached hydrogens (tertiary/aromatic N) is 5. The van der Waals surface area contributed by atoms with Crippen LogP contribution in [0.25, 0.3) is 0 Å². The molecule has 0 saturated carbocycles. The molecule has 1 aliphatic carbocycles. The molecular weight excluding hydrogens is 512 g/mol. The minimum Gasteiger partial charge on any atom is -0.369 e. The monoisotopic (exact) mass is 554 g/mol. The van der Waals surface area contributed by atoms with Gasteiger partial charge < -0.3 is 15.1 Å². The Morgan fingerprint density at radius 2 is 1.77 bits per heavy atom. The van der Waals surface area contributed by atoms with Gasteiger partial charge >= 0.3 is 0 Å². The van der Waals surface area contributed by atoms with Crippen LogP contribution in [-0.2, 0) is 16.4 Å². The molecule has 1 aromatic carbocycles. The number of amides is 1. The lowest BCUT2D eigenvalue weighted by Gasteiger charge is -2.43. The maximum absolute atomic E-state index is 13.5. The Morgan fingerprint density at radius 3 is 2.49 bits per heavy atom. The van der Waals surface area contributed by atoms with E-state index in [1.807, 2.05) is 11.8 Å². The van der Waals surface area contributed by atoms with Crippen molar-refractivity contribution in [2.45, 2.75) is 69.9 Å². The van der Waals surface area contributed by atoms with Gasteiger partial charge in [0.25, 0.3) is 5.91 Å². The molecule has 2 aromatic rings. The molecule has 3 aliphatic rings. The molecule has 39 heavy (non-hydrogen) atoms. The van der Waals surface area contributed by atoms with Crippen molar-refractivity contribution < 1.29 is 13.2 Å². The number of carbonyl (C=O) groups is 1. The van der Waals surface area contributed by atoms with Gasteiger partial charge in [-0.3, -0.25) is 4.79 Å². The first-order valence-corrected chi connectivity index (χ1v) is 16.2. The maximum Gasteiger partial charge on any atom is 0.272 e. The van der Waals surface area contributed by atoms with Crippen LogP contribution < -0.4 is 5.32 Å². The number of likely N-dealkylation sites (tertiary alicyclic amines) is 2. The predicted octanol–water partition coefficient (Wildman–Crippen LogP) is 3.28. The first-order valence-electron chi connectivity index (χ1n) is 14.3. The molecule has 1 unspecified atom stereocenters. The Labute approximate surface area is 233 Å². The lowest BCUT2D eigenvalue weighted by Crippen LogP contribution is -2.52. The van der Waals surface area contributed by atoms with E-state index in [2.05, 4.69) is 44.5 Å². The van der Waals surface area contributed by atoms with Gasteiger partial charge in [0.05, 0.1) is 6.26 Å². The number of rotatable bonds is 7. The molecule has 2 fully saturated rings. The van der Waals surface area contributed by atoms with Gasteiger partial charge in [0.15, 0.2) is 0 Å². The minimum absolute atomic E-state index is 0.0205. The molecule has 5 rings (SSSR count). The first-order chi connectivity index (χ1) is 18.7. The highest BCUT2D eigenvalue weighted by Gasteiger charge is 2.33. The van der Waals surface area contributed by atoms with E-state index < -0.39 is 10.0 Å². The van der Waals surface area contributed by atoms with Crippen molar-refractivity contribution in [3.8, 4) is 0 Å². The Kier molecular flexibility index (Phi) is 8.54. The number of anilines is 1. The molecule has 9 nitrogen and oxygen atoms in total. The molecule has 3 heterocycles. The Morgan fingerprint density at radius 1 is 1.05 bits per heavy atom. The number of sulfonamides is 1. The van der Waals surface area contributed by atoms with Crippen molar-refractivity contribution in [3.63, 3.8) is 0 Å². The summed E-state index contributed by atoms with van der Waals surface area (Å²) in [6, 6.07) is 9.22. The molecule has 1 amide bonds. The van der Waals surface area contributed by atoms with Gasteiger partial charge in [0, 0.05) is 50.2 Å².